The maximum absolute atomic E-state index is 11.8. The minimum absolute atomic E-state index is 0.144. The van der Waals surface area contributed by atoms with Crippen LogP contribution >= 0.6 is 0 Å². The van der Waals surface area contributed by atoms with E-state index in [0.29, 0.717) is 11.2 Å². The molecular formula is C18H24N4O8. The molecule has 1 aliphatic heterocycles. The molecule has 0 unspecified atom stereocenters. The number of rotatable bonds is 6. The minimum atomic E-state index is -1.37. The topological polar surface area (TPSA) is 168 Å². The highest BCUT2D eigenvalue weighted by atomic mass is 16.7. The van der Waals surface area contributed by atoms with Gasteiger partial charge in [-0.3, -0.25) is 0 Å². The van der Waals surface area contributed by atoms with Gasteiger partial charge in [0, 0.05) is 0 Å². The van der Waals surface area contributed by atoms with E-state index in [0.717, 1.165) is 0 Å². The second-order valence-corrected chi connectivity index (χ2v) is 6.93. The first-order valence-electron chi connectivity index (χ1n) is 9.31. The number of nitrogens with two attached hydrogens (primary N) is 1. The third kappa shape index (κ3) is 3.88. The molecule has 1 fully saturated rings. The van der Waals surface area contributed by atoms with E-state index in [9.17, 15) is 19.8 Å². The summed E-state index contributed by atoms with van der Waals surface area (Å²) in [6.45, 7) is 4.26. The molecule has 30 heavy (non-hydrogen) atoms. The van der Waals surface area contributed by atoms with E-state index < -0.39 is 48.7 Å². The van der Waals surface area contributed by atoms with Crippen LogP contribution in [-0.4, -0.2) is 74.6 Å². The van der Waals surface area contributed by atoms with Crippen LogP contribution in [0.15, 0.2) is 18.5 Å². The third-order valence-electron chi connectivity index (χ3n) is 4.91. The Bertz CT molecular complexity index is 934. The van der Waals surface area contributed by atoms with Gasteiger partial charge >= 0.3 is 12.1 Å². The van der Waals surface area contributed by atoms with Gasteiger partial charge in [0.1, 0.15) is 42.4 Å². The summed E-state index contributed by atoms with van der Waals surface area (Å²) in [6, 6.07) is 3.31. The first-order chi connectivity index (χ1) is 14.2. The molecule has 0 bridgehead atoms. The fourth-order valence-electron chi connectivity index (χ4n) is 3.29. The molecule has 2 aromatic rings. The normalized spacial score (nSPS) is 27.0. The van der Waals surface area contributed by atoms with Crippen LogP contribution in [0.3, 0.4) is 0 Å². The summed E-state index contributed by atoms with van der Waals surface area (Å²) in [4.78, 5) is 27.2. The molecule has 0 radical (unpaired) electrons. The number of aliphatic hydroxyl groups is 2. The zero-order valence-electron chi connectivity index (χ0n) is 16.7. The molecule has 164 valence electrons. The lowest BCUT2D eigenvalue weighted by molar-refractivity contribution is -0.154. The second kappa shape index (κ2) is 8.42. The van der Waals surface area contributed by atoms with Crippen LogP contribution in [0.25, 0.3) is 5.52 Å². The zero-order valence-corrected chi connectivity index (χ0v) is 16.7. The van der Waals surface area contributed by atoms with Crippen molar-refractivity contribution in [3.8, 4) is 0 Å². The van der Waals surface area contributed by atoms with Crippen molar-refractivity contribution < 1.29 is 38.7 Å². The van der Waals surface area contributed by atoms with Crippen molar-refractivity contribution in [3.63, 3.8) is 0 Å². The molecule has 0 saturated carbocycles. The Morgan fingerprint density at radius 1 is 1.37 bits per heavy atom. The van der Waals surface area contributed by atoms with E-state index >= 15 is 0 Å². The van der Waals surface area contributed by atoms with Crippen molar-refractivity contribution >= 4 is 23.5 Å². The summed E-state index contributed by atoms with van der Waals surface area (Å²) in [5.74, 6) is -0.470. The highest BCUT2D eigenvalue weighted by Crippen LogP contribution is 2.40. The Kier molecular flexibility index (Phi) is 6.10. The first kappa shape index (κ1) is 21.7. The number of nitrogen functional groups attached to an aromatic ring is 1. The number of hydrogen-bond acceptors (Lipinski definition) is 11. The molecule has 0 aliphatic carbocycles. The van der Waals surface area contributed by atoms with Gasteiger partial charge in [-0.15, -0.1) is 0 Å². The van der Waals surface area contributed by atoms with Crippen LogP contribution < -0.4 is 5.73 Å². The van der Waals surface area contributed by atoms with Crippen molar-refractivity contribution in [2.24, 2.45) is 0 Å². The standard InChI is InChI=1S/C18H24N4O8/c1-4-27-16(25)9(2)29-17(26)28-7-11-13(23)14(24)18(3,30-11)12-6-5-10-15(19)20-8-21-22(10)12/h5-6,8-9,11,13-14,23-24H,4,7H2,1-3H3,(H2,19,20,21)/t9-,11+,13+,14+,18-/m0/s1. The number of aromatic nitrogens is 3. The van der Waals surface area contributed by atoms with Gasteiger partial charge in [0.05, 0.1) is 12.3 Å². The summed E-state index contributed by atoms with van der Waals surface area (Å²) in [5.41, 5.74) is 5.40. The Morgan fingerprint density at radius 3 is 2.80 bits per heavy atom. The van der Waals surface area contributed by atoms with E-state index in [1.807, 2.05) is 0 Å². The maximum Gasteiger partial charge on any atom is 0.509 e. The molecule has 2 aromatic heterocycles. The number of anilines is 1. The van der Waals surface area contributed by atoms with Crippen LogP contribution in [-0.2, 0) is 29.3 Å². The molecule has 1 saturated heterocycles. The zero-order chi connectivity index (χ0) is 22.1. The van der Waals surface area contributed by atoms with Gasteiger partial charge in [0.25, 0.3) is 0 Å². The van der Waals surface area contributed by atoms with Gasteiger partial charge in [-0.05, 0) is 32.9 Å². The van der Waals surface area contributed by atoms with Gasteiger partial charge in [-0.1, -0.05) is 0 Å². The number of nitrogens with zero attached hydrogens (tertiary/aromatic N) is 3. The smallest absolute Gasteiger partial charge is 0.463 e. The molecule has 0 amide bonds. The van der Waals surface area contributed by atoms with Crippen molar-refractivity contribution in [1.82, 2.24) is 14.6 Å². The van der Waals surface area contributed by atoms with E-state index in [1.54, 1.807) is 26.0 Å². The minimum Gasteiger partial charge on any atom is -0.463 e. The molecular weight excluding hydrogens is 400 g/mol. The Morgan fingerprint density at radius 2 is 2.10 bits per heavy atom. The lowest BCUT2D eigenvalue weighted by atomic mass is 9.93. The fourth-order valence-corrected chi connectivity index (χ4v) is 3.29. The number of ether oxygens (including phenoxy) is 4. The Labute approximate surface area is 171 Å². The highest BCUT2D eigenvalue weighted by molar-refractivity contribution is 5.77. The summed E-state index contributed by atoms with van der Waals surface area (Å²) in [7, 11) is 0. The van der Waals surface area contributed by atoms with Crippen molar-refractivity contribution in [2.45, 2.75) is 50.8 Å². The number of carbonyl (C=O) groups is 2. The third-order valence-corrected chi connectivity index (χ3v) is 4.91. The van der Waals surface area contributed by atoms with Gasteiger partial charge in [0.2, 0.25) is 0 Å². The molecule has 0 aromatic carbocycles. The number of esters is 1. The second-order valence-electron chi connectivity index (χ2n) is 6.93. The van der Waals surface area contributed by atoms with Crippen LogP contribution in [0.2, 0.25) is 0 Å². The molecule has 5 atom stereocenters. The average molecular weight is 424 g/mol. The Hall–Kier alpha value is -2.96. The molecule has 1 aliphatic rings. The number of hydrogen-bond donors (Lipinski definition) is 3. The average Bonchev–Trinajstić information content (AvgIpc) is 3.24. The fraction of sp³-hybridized carbons (Fsp3) is 0.556. The van der Waals surface area contributed by atoms with Gasteiger partial charge < -0.3 is 34.9 Å². The molecule has 0 spiro atoms. The van der Waals surface area contributed by atoms with E-state index in [1.165, 1.54) is 17.8 Å². The van der Waals surface area contributed by atoms with Crippen molar-refractivity contribution in [1.29, 1.82) is 0 Å². The first-order valence-corrected chi connectivity index (χ1v) is 9.31. The predicted molar refractivity (Wildman–Crippen MR) is 100 cm³/mol. The Balaban J connectivity index is 1.68. The summed E-state index contributed by atoms with van der Waals surface area (Å²) < 4.78 is 21.8. The predicted octanol–water partition coefficient (Wildman–Crippen LogP) is -0.248. The van der Waals surface area contributed by atoms with Crippen LogP contribution in [0.4, 0.5) is 10.6 Å². The summed E-state index contributed by atoms with van der Waals surface area (Å²) in [6.07, 6.45) is -4.80. The van der Waals surface area contributed by atoms with Crippen LogP contribution in [0, 0.1) is 0 Å². The summed E-state index contributed by atoms with van der Waals surface area (Å²) >= 11 is 0. The van der Waals surface area contributed by atoms with E-state index in [2.05, 4.69) is 10.1 Å². The van der Waals surface area contributed by atoms with E-state index in [4.69, 9.17) is 24.7 Å². The quantitative estimate of drug-likeness (QED) is 0.523. The van der Waals surface area contributed by atoms with Gasteiger partial charge in [-0.2, -0.15) is 5.10 Å². The lowest BCUT2D eigenvalue weighted by Crippen LogP contribution is -2.39. The largest absolute Gasteiger partial charge is 0.509 e. The molecule has 12 heteroatoms. The van der Waals surface area contributed by atoms with Crippen LogP contribution in [0.1, 0.15) is 26.5 Å². The van der Waals surface area contributed by atoms with Gasteiger partial charge in [-0.25, -0.2) is 19.1 Å². The number of aliphatic hydroxyl groups excluding tert-OH is 2. The lowest BCUT2D eigenvalue weighted by Gasteiger charge is -2.27. The number of fused-ring (bicyclic) bond motifs is 1. The van der Waals surface area contributed by atoms with E-state index in [-0.39, 0.29) is 12.4 Å². The molecule has 4 N–H and O–H groups in total. The molecule has 12 nitrogen and oxygen atoms in total. The maximum atomic E-state index is 11.8. The monoisotopic (exact) mass is 424 g/mol. The number of carbonyl (C=O) groups excluding carboxylic acids is 2. The summed E-state index contributed by atoms with van der Waals surface area (Å²) in [5, 5.41) is 25.2. The van der Waals surface area contributed by atoms with Crippen molar-refractivity contribution in [3.05, 3.63) is 24.2 Å². The highest BCUT2D eigenvalue weighted by Gasteiger charge is 2.54. The molecule has 3 heterocycles. The molecule has 3 rings (SSSR count). The van der Waals surface area contributed by atoms with Crippen molar-refractivity contribution in [2.75, 3.05) is 18.9 Å². The van der Waals surface area contributed by atoms with Gasteiger partial charge in [0.15, 0.2) is 11.9 Å². The van der Waals surface area contributed by atoms with Crippen LogP contribution in [0.5, 0.6) is 0 Å². The SMILES string of the molecule is CCOC(=O)[C@H](C)OC(=O)OC[C@H]1O[C@@](C)(c2ccc3c(N)ncnn23)[C@H](O)[C@@H]1O.